The van der Waals surface area contributed by atoms with Crippen molar-refractivity contribution < 1.29 is 0 Å². The van der Waals surface area contributed by atoms with E-state index in [1.54, 1.807) is 0 Å². The van der Waals surface area contributed by atoms with Crippen LogP contribution in [0, 0.1) is 0 Å². The van der Waals surface area contributed by atoms with E-state index in [1.807, 2.05) is 22.7 Å². The van der Waals surface area contributed by atoms with Gasteiger partial charge in [-0.05, 0) is 50.3 Å². The minimum atomic E-state index is 1.32. The van der Waals surface area contributed by atoms with Crippen LogP contribution >= 0.6 is 22.7 Å². The monoisotopic (exact) mass is 246 g/mol. The van der Waals surface area contributed by atoms with Gasteiger partial charge in [-0.15, -0.1) is 22.7 Å². The van der Waals surface area contributed by atoms with Crippen molar-refractivity contribution in [1.29, 1.82) is 0 Å². The van der Waals surface area contributed by atoms with Gasteiger partial charge in [0.2, 0.25) is 0 Å². The second kappa shape index (κ2) is 5.28. The molecule has 2 rings (SSSR count). The SMILES string of the molecule is C/C=C/c1ccc(-c2ccc(/C=C/C)s2)s1. The van der Waals surface area contributed by atoms with Gasteiger partial charge in [-0.2, -0.15) is 0 Å². The Balaban J connectivity index is 2.27. The average Bonchev–Trinajstić information content (AvgIpc) is 2.87. The second-order valence-electron chi connectivity index (χ2n) is 3.40. The van der Waals surface area contributed by atoms with Gasteiger partial charge < -0.3 is 0 Å². The largest absolute Gasteiger partial charge is 0.135 e. The van der Waals surface area contributed by atoms with Crippen LogP contribution in [0.4, 0.5) is 0 Å². The highest BCUT2D eigenvalue weighted by molar-refractivity contribution is 7.22. The zero-order chi connectivity index (χ0) is 11.4. The second-order valence-corrected chi connectivity index (χ2v) is 5.63. The van der Waals surface area contributed by atoms with E-state index in [-0.39, 0.29) is 0 Å². The van der Waals surface area contributed by atoms with Crippen molar-refractivity contribution in [2.24, 2.45) is 0 Å². The summed E-state index contributed by atoms with van der Waals surface area (Å²) in [5.74, 6) is 0. The number of rotatable bonds is 3. The molecule has 0 saturated heterocycles. The van der Waals surface area contributed by atoms with Gasteiger partial charge in [-0.25, -0.2) is 0 Å². The van der Waals surface area contributed by atoms with Crippen molar-refractivity contribution in [3.8, 4) is 9.75 Å². The standard InChI is InChI=1S/C14H14S2/c1-3-5-11-7-9-13(15-11)14-10-8-12(16-14)6-4-2/h3-10H,1-2H3/b5-3+,6-4+. The first-order valence-electron chi connectivity index (χ1n) is 5.29. The molecule has 0 aliphatic heterocycles. The van der Waals surface area contributed by atoms with Gasteiger partial charge in [-0.1, -0.05) is 12.2 Å². The first-order valence-corrected chi connectivity index (χ1v) is 6.92. The Morgan fingerprint density at radius 3 is 1.56 bits per heavy atom. The molecule has 0 aliphatic rings. The smallest absolute Gasteiger partial charge is 0.0449 e. The van der Waals surface area contributed by atoms with E-state index in [4.69, 9.17) is 0 Å². The lowest BCUT2D eigenvalue weighted by Gasteiger charge is -1.88. The van der Waals surface area contributed by atoms with Gasteiger partial charge in [0.25, 0.3) is 0 Å². The Bertz CT molecular complexity index is 464. The van der Waals surface area contributed by atoms with Crippen molar-refractivity contribution in [3.63, 3.8) is 0 Å². The number of hydrogen-bond acceptors (Lipinski definition) is 2. The van der Waals surface area contributed by atoms with Crippen LogP contribution in [0.3, 0.4) is 0 Å². The molecule has 0 N–H and O–H groups in total. The molecule has 0 saturated carbocycles. The fourth-order valence-electron chi connectivity index (χ4n) is 1.48. The Morgan fingerprint density at radius 2 is 1.19 bits per heavy atom. The normalized spacial score (nSPS) is 11.9. The summed E-state index contributed by atoms with van der Waals surface area (Å²) in [5.41, 5.74) is 0. The lowest BCUT2D eigenvalue weighted by molar-refractivity contribution is 1.78. The lowest BCUT2D eigenvalue weighted by Crippen LogP contribution is -1.56. The van der Waals surface area contributed by atoms with Crippen molar-refractivity contribution >= 4 is 34.8 Å². The molecule has 2 aromatic rings. The number of allylic oxidation sites excluding steroid dienone is 2. The van der Waals surface area contributed by atoms with E-state index in [1.165, 1.54) is 19.5 Å². The molecule has 0 atom stereocenters. The van der Waals surface area contributed by atoms with Crippen LogP contribution in [0.15, 0.2) is 36.4 Å². The molecular weight excluding hydrogens is 232 g/mol. The maximum atomic E-state index is 2.20. The van der Waals surface area contributed by atoms with Gasteiger partial charge in [0.15, 0.2) is 0 Å². The molecule has 0 amide bonds. The van der Waals surface area contributed by atoms with Gasteiger partial charge in [0.05, 0.1) is 0 Å². The molecule has 0 spiro atoms. The summed E-state index contributed by atoms with van der Waals surface area (Å²) in [6.07, 6.45) is 8.45. The van der Waals surface area contributed by atoms with Gasteiger partial charge in [0.1, 0.15) is 0 Å². The summed E-state index contributed by atoms with van der Waals surface area (Å²) in [6.45, 7) is 4.10. The van der Waals surface area contributed by atoms with Crippen LogP contribution in [0.5, 0.6) is 0 Å². The Labute approximate surface area is 105 Å². The summed E-state index contributed by atoms with van der Waals surface area (Å²) in [6, 6.07) is 8.75. The Kier molecular flexibility index (Phi) is 3.75. The Hall–Kier alpha value is -1.12. The third kappa shape index (κ3) is 2.52. The van der Waals surface area contributed by atoms with Crippen molar-refractivity contribution in [1.82, 2.24) is 0 Å². The molecule has 0 aliphatic carbocycles. The van der Waals surface area contributed by atoms with Crippen LogP contribution in [0.2, 0.25) is 0 Å². The quantitative estimate of drug-likeness (QED) is 0.666. The number of thiophene rings is 2. The fraction of sp³-hybridized carbons (Fsp3) is 0.143. The van der Waals surface area contributed by atoms with Crippen LogP contribution < -0.4 is 0 Å². The third-order valence-electron chi connectivity index (χ3n) is 2.16. The van der Waals surface area contributed by atoms with Gasteiger partial charge in [-0.3, -0.25) is 0 Å². The zero-order valence-electron chi connectivity index (χ0n) is 9.44. The van der Waals surface area contributed by atoms with Crippen LogP contribution in [0.1, 0.15) is 23.6 Å². The number of hydrogen-bond donors (Lipinski definition) is 0. The minimum Gasteiger partial charge on any atom is -0.135 e. The summed E-state index contributed by atoms with van der Waals surface area (Å²) in [4.78, 5) is 5.35. The third-order valence-corrected chi connectivity index (χ3v) is 4.46. The van der Waals surface area contributed by atoms with E-state index in [0.29, 0.717) is 0 Å². The maximum absolute atomic E-state index is 2.20. The summed E-state index contributed by atoms with van der Waals surface area (Å²) in [7, 11) is 0. The summed E-state index contributed by atoms with van der Waals surface area (Å²) in [5, 5.41) is 0. The molecule has 2 heterocycles. The average molecular weight is 246 g/mol. The highest BCUT2D eigenvalue weighted by Crippen LogP contribution is 2.34. The van der Waals surface area contributed by atoms with Gasteiger partial charge >= 0.3 is 0 Å². The molecule has 0 unspecified atom stereocenters. The maximum Gasteiger partial charge on any atom is 0.0449 e. The molecular formula is C14H14S2. The van der Waals surface area contributed by atoms with E-state index in [2.05, 4.69) is 62.4 Å². The van der Waals surface area contributed by atoms with Crippen LogP contribution in [-0.2, 0) is 0 Å². The topological polar surface area (TPSA) is 0 Å². The highest BCUT2D eigenvalue weighted by Gasteiger charge is 2.03. The molecule has 0 aromatic carbocycles. The Morgan fingerprint density at radius 1 is 0.750 bits per heavy atom. The summed E-state index contributed by atoms with van der Waals surface area (Å²) < 4.78 is 0. The molecule has 0 bridgehead atoms. The van der Waals surface area contributed by atoms with Crippen molar-refractivity contribution in [2.75, 3.05) is 0 Å². The molecule has 16 heavy (non-hydrogen) atoms. The molecule has 0 fully saturated rings. The highest BCUT2D eigenvalue weighted by atomic mass is 32.1. The van der Waals surface area contributed by atoms with E-state index < -0.39 is 0 Å². The van der Waals surface area contributed by atoms with Crippen molar-refractivity contribution in [3.05, 3.63) is 46.2 Å². The first kappa shape index (κ1) is 11.4. The predicted octanol–water partition coefficient (Wildman–Crippen LogP) is 5.54. The predicted molar refractivity (Wildman–Crippen MR) is 77.0 cm³/mol. The molecule has 82 valence electrons. The molecule has 2 heteroatoms. The first-order chi connectivity index (χ1) is 7.83. The summed E-state index contributed by atoms with van der Waals surface area (Å²) >= 11 is 3.68. The van der Waals surface area contributed by atoms with E-state index in [9.17, 15) is 0 Å². The zero-order valence-corrected chi connectivity index (χ0v) is 11.1. The van der Waals surface area contributed by atoms with Crippen LogP contribution in [-0.4, -0.2) is 0 Å². The fourth-order valence-corrected chi connectivity index (χ4v) is 3.53. The minimum absolute atomic E-state index is 1.32. The molecule has 0 radical (unpaired) electrons. The molecule has 0 nitrogen and oxygen atoms in total. The molecule has 2 aromatic heterocycles. The van der Waals surface area contributed by atoms with Crippen molar-refractivity contribution in [2.45, 2.75) is 13.8 Å². The van der Waals surface area contributed by atoms with Crippen LogP contribution in [0.25, 0.3) is 21.9 Å². The van der Waals surface area contributed by atoms with E-state index >= 15 is 0 Å². The van der Waals surface area contributed by atoms with E-state index in [0.717, 1.165) is 0 Å². The lowest BCUT2D eigenvalue weighted by atomic mass is 10.3. The van der Waals surface area contributed by atoms with Gasteiger partial charge in [0, 0.05) is 19.5 Å².